The zero-order chi connectivity index (χ0) is 15.8. The predicted octanol–water partition coefficient (Wildman–Crippen LogP) is 4.50. The average molecular weight is 333 g/mol. The van der Waals surface area contributed by atoms with Gasteiger partial charge >= 0.3 is 0 Å². The molecule has 0 fully saturated rings. The number of carbonyl (C=O) groups excluding carboxylic acids is 1. The highest BCUT2D eigenvalue weighted by Crippen LogP contribution is 2.32. The van der Waals surface area contributed by atoms with Crippen LogP contribution >= 0.6 is 23.2 Å². The van der Waals surface area contributed by atoms with E-state index < -0.39 is 0 Å². The summed E-state index contributed by atoms with van der Waals surface area (Å²) in [6, 6.07) is 3.11. The second kappa shape index (κ2) is 9.13. The molecule has 0 radical (unpaired) electrons. The number of ether oxygens (including phenoxy) is 1. The van der Waals surface area contributed by atoms with Crippen LogP contribution in [0.1, 0.15) is 39.5 Å². The third kappa shape index (κ3) is 6.55. The first-order valence-corrected chi connectivity index (χ1v) is 7.85. The minimum Gasteiger partial charge on any atom is -0.399 e. The number of carbonyl (C=O) groups is 1. The Kier molecular flexibility index (Phi) is 7.86. The first-order valence-electron chi connectivity index (χ1n) is 7.10. The Labute approximate surface area is 135 Å². The molecule has 3 N–H and O–H groups in total. The summed E-state index contributed by atoms with van der Waals surface area (Å²) in [6.07, 6.45) is 3.37. The van der Waals surface area contributed by atoms with Crippen molar-refractivity contribution < 1.29 is 9.53 Å². The Morgan fingerprint density at radius 3 is 2.57 bits per heavy atom. The standard InChI is InChI=1S/C15H22Cl2N2O2/c1-3-5-10(2)21-7-4-6-14(20)19-15-12(16)8-11(18)9-13(15)17/h8-10H,3-7,18H2,1-2H3,(H,19,20). The summed E-state index contributed by atoms with van der Waals surface area (Å²) in [7, 11) is 0. The zero-order valence-electron chi connectivity index (χ0n) is 12.4. The van der Waals surface area contributed by atoms with Crippen LogP contribution < -0.4 is 11.1 Å². The van der Waals surface area contributed by atoms with Crippen LogP contribution in [0.3, 0.4) is 0 Å². The van der Waals surface area contributed by atoms with Crippen molar-refractivity contribution in [3.8, 4) is 0 Å². The largest absolute Gasteiger partial charge is 0.399 e. The van der Waals surface area contributed by atoms with Gasteiger partial charge in [-0.2, -0.15) is 0 Å². The summed E-state index contributed by atoms with van der Waals surface area (Å²) >= 11 is 12.0. The molecule has 0 saturated heterocycles. The van der Waals surface area contributed by atoms with Gasteiger partial charge in [0.1, 0.15) is 0 Å². The molecular weight excluding hydrogens is 311 g/mol. The molecule has 1 aromatic carbocycles. The average Bonchev–Trinajstić information content (AvgIpc) is 2.39. The highest BCUT2D eigenvalue weighted by Gasteiger charge is 2.11. The van der Waals surface area contributed by atoms with Crippen LogP contribution in [0.5, 0.6) is 0 Å². The van der Waals surface area contributed by atoms with E-state index in [1.165, 1.54) is 0 Å². The van der Waals surface area contributed by atoms with Gasteiger partial charge < -0.3 is 15.8 Å². The maximum atomic E-state index is 11.9. The van der Waals surface area contributed by atoms with Crippen molar-refractivity contribution in [3.05, 3.63) is 22.2 Å². The molecule has 1 atom stereocenters. The summed E-state index contributed by atoms with van der Waals surface area (Å²) in [4.78, 5) is 11.9. The number of nitrogen functional groups attached to an aromatic ring is 1. The predicted molar refractivity (Wildman–Crippen MR) is 89.1 cm³/mol. The molecule has 0 aliphatic heterocycles. The van der Waals surface area contributed by atoms with E-state index in [1.54, 1.807) is 12.1 Å². The summed E-state index contributed by atoms with van der Waals surface area (Å²) in [6.45, 7) is 4.72. The van der Waals surface area contributed by atoms with Gasteiger partial charge in [0.25, 0.3) is 0 Å². The lowest BCUT2D eigenvalue weighted by atomic mass is 10.2. The van der Waals surface area contributed by atoms with Gasteiger partial charge in [0.15, 0.2) is 0 Å². The molecule has 1 aromatic rings. The molecule has 0 aliphatic carbocycles. The first-order chi connectivity index (χ1) is 9.93. The first kappa shape index (κ1) is 18.1. The minimum absolute atomic E-state index is 0.143. The normalized spacial score (nSPS) is 12.2. The Balaban J connectivity index is 2.38. The molecule has 0 aromatic heterocycles. The second-order valence-electron chi connectivity index (χ2n) is 4.98. The highest BCUT2D eigenvalue weighted by molar-refractivity contribution is 6.40. The van der Waals surface area contributed by atoms with Crippen molar-refractivity contribution in [3.63, 3.8) is 0 Å². The monoisotopic (exact) mass is 332 g/mol. The van der Waals surface area contributed by atoms with Crippen LogP contribution in [0.25, 0.3) is 0 Å². The summed E-state index contributed by atoms with van der Waals surface area (Å²) < 4.78 is 5.60. The van der Waals surface area contributed by atoms with Crippen molar-refractivity contribution in [2.75, 3.05) is 17.7 Å². The fraction of sp³-hybridized carbons (Fsp3) is 0.533. The van der Waals surface area contributed by atoms with E-state index in [0.29, 0.717) is 40.9 Å². The number of amides is 1. The number of hydrogen-bond donors (Lipinski definition) is 2. The number of nitrogens with two attached hydrogens (primary N) is 1. The van der Waals surface area contributed by atoms with Crippen LogP contribution in [-0.4, -0.2) is 18.6 Å². The van der Waals surface area contributed by atoms with Gasteiger partial charge in [0.2, 0.25) is 5.91 Å². The van der Waals surface area contributed by atoms with Gasteiger partial charge in [-0.05, 0) is 31.9 Å². The smallest absolute Gasteiger partial charge is 0.224 e. The lowest BCUT2D eigenvalue weighted by Crippen LogP contribution is -2.14. The van der Waals surface area contributed by atoms with Crippen LogP contribution in [0.2, 0.25) is 10.0 Å². The van der Waals surface area contributed by atoms with Crippen molar-refractivity contribution in [2.45, 2.75) is 45.6 Å². The van der Waals surface area contributed by atoms with Gasteiger partial charge in [-0.1, -0.05) is 36.5 Å². The van der Waals surface area contributed by atoms with E-state index in [9.17, 15) is 4.79 Å². The van der Waals surface area contributed by atoms with E-state index >= 15 is 0 Å². The fourth-order valence-electron chi connectivity index (χ4n) is 1.92. The topological polar surface area (TPSA) is 64.3 Å². The maximum absolute atomic E-state index is 11.9. The number of halogens is 2. The van der Waals surface area contributed by atoms with Gasteiger partial charge in [0, 0.05) is 18.7 Å². The van der Waals surface area contributed by atoms with Crippen molar-refractivity contribution in [2.24, 2.45) is 0 Å². The number of anilines is 2. The Bertz CT molecular complexity index is 458. The molecule has 21 heavy (non-hydrogen) atoms. The highest BCUT2D eigenvalue weighted by atomic mass is 35.5. The minimum atomic E-state index is -0.143. The van der Waals surface area contributed by atoms with Gasteiger partial charge in [-0.3, -0.25) is 4.79 Å². The number of hydrogen-bond acceptors (Lipinski definition) is 3. The molecule has 0 bridgehead atoms. The van der Waals surface area contributed by atoms with E-state index in [2.05, 4.69) is 12.2 Å². The van der Waals surface area contributed by atoms with Crippen LogP contribution in [-0.2, 0) is 9.53 Å². The molecule has 0 saturated carbocycles. The van der Waals surface area contributed by atoms with Crippen molar-refractivity contribution >= 4 is 40.5 Å². The maximum Gasteiger partial charge on any atom is 0.224 e. The van der Waals surface area contributed by atoms with E-state index in [4.69, 9.17) is 33.7 Å². The van der Waals surface area contributed by atoms with Crippen molar-refractivity contribution in [1.82, 2.24) is 0 Å². The van der Waals surface area contributed by atoms with E-state index in [1.807, 2.05) is 6.92 Å². The Morgan fingerprint density at radius 1 is 1.38 bits per heavy atom. The fourth-order valence-corrected chi connectivity index (χ4v) is 2.52. The van der Waals surface area contributed by atoms with Gasteiger partial charge in [-0.15, -0.1) is 0 Å². The SMILES string of the molecule is CCCC(C)OCCCC(=O)Nc1c(Cl)cc(N)cc1Cl. The number of rotatable bonds is 8. The van der Waals surface area contributed by atoms with E-state index in [0.717, 1.165) is 12.8 Å². The molecule has 118 valence electrons. The summed E-state index contributed by atoms with van der Waals surface area (Å²) in [5, 5.41) is 3.37. The third-order valence-electron chi connectivity index (χ3n) is 2.97. The second-order valence-corrected chi connectivity index (χ2v) is 5.80. The molecule has 1 amide bonds. The third-order valence-corrected chi connectivity index (χ3v) is 3.57. The molecule has 0 heterocycles. The van der Waals surface area contributed by atoms with Crippen molar-refractivity contribution in [1.29, 1.82) is 0 Å². The summed E-state index contributed by atoms with van der Waals surface area (Å²) in [5.41, 5.74) is 6.47. The van der Waals surface area contributed by atoms with Crippen LogP contribution in [0.15, 0.2) is 12.1 Å². The van der Waals surface area contributed by atoms with Gasteiger partial charge in [0.05, 0.1) is 21.8 Å². The molecule has 1 unspecified atom stereocenters. The lowest BCUT2D eigenvalue weighted by Gasteiger charge is -2.12. The lowest BCUT2D eigenvalue weighted by molar-refractivity contribution is -0.116. The molecule has 0 spiro atoms. The molecule has 1 rings (SSSR count). The van der Waals surface area contributed by atoms with Gasteiger partial charge in [-0.25, -0.2) is 0 Å². The number of nitrogens with one attached hydrogen (secondary N) is 1. The molecule has 0 aliphatic rings. The van der Waals surface area contributed by atoms with Crippen LogP contribution in [0, 0.1) is 0 Å². The molecular formula is C15H22Cl2N2O2. The molecule has 4 nitrogen and oxygen atoms in total. The van der Waals surface area contributed by atoms with Crippen LogP contribution in [0.4, 0.5) is 11.4 Å². The quantitative estimate of drug-likeness (QED) is 0.544. The molecule has 6 heteroatoms. The van der Waals surface area contributed by atoms with E-state index in [-0.39, 0.29) is 12.0 Å². The Morgan fingerprint density at radius 2 is 2.00 bits per heavy atom. The Hall–Kier alpha value is -0.970. The number of benzene rings is 1. The zero-order valence-corrected chi connectivity index (χ0v) is 13.9. The summed E-state index contributed by atoms with van der Waals surface area (Å²) in [5.74, 6) is -0.143.